The lowest BCUT2D eigenvalue weighted by Crippen LogP contribution is -2.47. The largest absolute Gasteiger partial charge is 0.465 e. The lowest BCUT2D eigenvalue weighted by molar-refractivity contribution is -0.140. The third-order valence-corrected chi connectivity index (χ3v) is 7.13. The molecular weight excluding hydrogens is 571 g/mol. The number of aromatic amines is 1. The van der Waals surface area contributed by atoms with Gasteiger partial charge < -0.3 is 21.1 Å². The van der Waals surface area contributed by atoms with Crippen molar-refractivity contribution < 1.29 is 32.7 Å². The predicted molar refractivity (Wildman–Crippen MR) is 148 cm³/mol. The van der Waals surface area contributed by atoms with Crippen LogP contribution in [0, 0.1) is 0 Å². The third kappa shape index (κ3) is 6.07. The molecule has 1 aromatic carbocycles. The summed E-state index contributed by atoms with van der Waals surface area (Å²) in [6.45, 7) is 2.49. The van der Waals surface area contributed by atoms with Crippen molar-refractivity contribution in [3.05, 3.63) is 59.8 Å². The molecule has 3 amide bonds. The molecule has 1 fully saturated rings. The highest BCUT2D eigenvalue weighted by Gasteiger charge is 2.37. The molecule has 3 aromatic heterocycles. The van der Waals surface area contributed by atoms with Crippen LogP contribution >= 0.6 is 0 Å². The number of halogens is 3. The topological polar surface area (TPSA) is 170 Å². The number of aromatic nitrogens is 5. The van der Waals surface area contributed by atoms with Gasteiger partial charge in [0.05, 0.1) is 23.7 Å². The Balaban J connectivity index is 1.24. The van der Waals surface area contributed by atoms with E-state index in [1.165, 1.54) is 23.0 Å². The molecule has 0 aliphatic carbocycles. The summed E-state index contributed by atoms with van der Waals surface area (Å²) in [4.78, 5) is 46.2. The first kappa shape index (κ1) is 29.3. The van der Waals surface area contributed by atoms with Crippen molar-refractivity contribution in [1.29, 1.82) is 0 Å². The number of benzene rings is 1. The number of fused-ring (bicyclic) bond motifs is 1. The molecule has 0 radical (unpaired) electrons. The number of H-pyrrole nitrogens is 1. The van der Waals surface area contributed by atoms with E-state index in [1.54, 1.807) is 18.2 Å². The number of carbonyl (C=O) groups is 3. The SMILES string of the molecule is CCc1cc(Nc2nccn3c(-c4cn[nH]c4C(F)(F)F)cnc23)ccc1C(=O)NCCNC(=O)[C@@H]1CCCN1C(=O)O. The normalized spacial score (nSPS) is 15.1. The van der Waals surface area contributed by atoms with Gasteiger partial charge in [-0.25, -0.2) is 14.8 Å². The van der Waals surface area contributed by atoms with Crippen LogP contribution in [0.3, 0.4) is 0 Å². The molecule has 0 unspecified atom stereocenters. The summed E-state index contributed by atoms with van der Waals surface area (Å²) in [5.74, 6) is -0.438. The van der Waals surface area contributed by atoms with Crippen molar-refractivity contribution in [3.63, 3.8) is 0 Å². The van der Waals surface area contributed by atoms with Gasteiger partial charge in [0.2, 0.25) is 5.91 Å². The average molecular weight is 600 g/mol. The Labute approximate surface area is 242 Å². The van der Waals surface area contributed by atoms with E-state index in [0.29, 0.717) is 42.9 Å². The first-order chi connectivity index (χ1) is 20.6. The lowest BCUT2D eigenvalue weighted by atomic mass is 10.0. The second kappa shape index (κ2) is 12.0. The summed E-state index contributed by atoms with van der Waals surface area (Å²) >= 11 is 0. The molecule has 4 heterocycles. The summed E-state index contributed by atoms with van der Waals surface area (Å²) in [5.41, 5.74) is 1.08. The first-order valence-corrected chi connectivity index (χ1v) is 13.5. The van der Waals surface area contributed by atoms with Gasteiger partial charge in [0.15, 0.2) is 11.5 Å². The second-order valence-electron chi connectivity index (χ2n) is 9.80. The Bertz CT molecular complexity index is 1670. The molecule has 226 valence electrons. The van der Waals surface area contributed by atoms with Gasteiger partial charge in [0.25, 0.3) is 5.91 Å². The zero-order valence-electron chi connectivity index (χ0n) is 22.9. The molecule has 5 rings (SSSR count). The molecule has 1 atom stereocenters. The number of anilines is 2. The monoisotopic (exact) mass is 599 g/mol. The maximum atomic E-state index is 13.4. The molecule has 43 heavy (non-hydrogen) atoms. The van der Waals surface area contributed by atoms with Crippen LogP contribution in [0.25, 0.3) is 16.9 Å². The molecule has 16 heteroatoms. The molecule has 0 spiro atoms. The van der Waals surface area contributed by atoms with E-state index < -0.39 is 29.9 Å². The fraction of sp³-hybridized carbons (Fsp3) is 0.333. The van der Waals surface area contributed by atoms with Crippen molar-refractivity contribution >= 4 is 35.1 Å². The number of carbonyl (C=O) groups excluding carboxylic acids is 2. The molecule has 1 aliphatic rings. The van der Waals surface area contributed by atoms with E-state index >= 15 is 0 Å². The van der Waals surface area contributed by atoms with E-state index in [9.17, 15) is 32.7 Å². The fourth-order valence-corrected chi connectivity index (χ4v) is 5.07. The van der Waals surface area contributed by atoms with Crippen LogP contribution in [0.1, 0.15) is 41.4 Å². The standard InChI is InChI=1S/C27H28F3N9O4/c1-2-15-12-16(5-6-17(15)24(40)32-7-8-33-25(41)19-4-3-10-39(19)26(42)43)36-22-23-34-14-20(38(23)11-9-31-22)18-13-35-37-21(18)27(28,29)30/h5-6,9,11-14,19H,2-4,7-8,10H2,1H3,(H,31,36)(H,32,40)(H,33,41)(H,35,37)(H,42,43)/t19-/m0/s1. The zero-order valence-corrected chi connectivity index (χ0v) is 22.9. The number of carboxylic acid groups (broad SMARTS) is 1. The van der Waals surface area contributed by atoms with E-state index in [1.807, 2.05) is 12.0 Å². The lowest BCUT2D eigenvalue weighted by Gasteiger charge is -2.20. The second-order valence-corrected chi connectivity index (χ2v) is 9.80. The van der Waals surface area contributed by atoms with E-state index in [2.05, 4.69) is 31.0 Å². The van der Waals surface area contributed by atoms with E-state index in [4.69, 9.17) is 0 Å². The van der Waals surface area contributed by atoms with Gasteiger partial charge in [-0.2, -0.15) is 18.3 Å². The van der Waals surface area contributed by atoms with E-state index in [0.717, 1.165) is 16.7 Å². The third-order valence-electron chi connectivity index (χ3n) is 7.13. The minimum Gasteiger partial charge on any atom is -0.465 e. The highest BCUT2D eigenvalue weighted by molar-refractivity contribution is 5.96. The van der Waals surface area contributed by atoms with Crippen molar-refractivity contribution in [2.75, 3.05) is 25.0 Å². The van der Waals surface area contributed by atoms with E-state index in [-0.39, 0.29) is 35.9 Å². The molecular formula is C27H28F3N9O4. The summed E-state index contributed by atoms with van der Waals surface area (Å²) in [6, 6.07) is 4.35. The van der Waals surface area contributed by atoms with Crippen molar-refractivity contribution in [1.82, 2.24) is 40.1 Å². The Hall–Kier alpha value is -5.15. The minimum absolute atomic E-state index is 0.140. The average Bonchev–Trinajstić information content (AvgIpc) is 3.74. The molecule has 1 aliphatic heterocycles. The smallest absolute Gasteiger partial charge is 0.433 e. The summed E-state index contributed by atoms with van der Waals surface area (Å²) in [5, 5.41) is 23.3. The summed E-state index contributed by atoms with van der Waals surface area (Å²) in [7, 11) is 0. The molecule has 4 aromatic rings. The van der Waals surface area contributed by atoms with Crippen LogP contribution in [0.5, 0.6) is 0 Å². The number of nitrogens with one attached hydrogen (secondary N) is 4. The van der Waals surface area contributed by atoms with Crippen molar-refractivity contribution in [3.8, 4) is 11.3 Å². The zero-order chi connectivity index (χ0) is 30.7. The van der Waals surface area contributed by atoms with Gasteiger partial charge in [-0.1, -0.05) is 6.92 Å². The number of hydrogen-bond acceptors (Lipinski definition) is 7. The first-order valence-electron chi connectivity index (χ1n) is 13.5. The number of nitrogens with zero attached hydrogens (tertiary/aromatic N) is 5. The predicted octanol–water partition coefficient (Wildman–Crippen LogP) is 3.43. The molecule has 13 nitrogen and oxygen atoms in total. The Morgan fingerprint density at radius 1 is 1.14 bits per heavy atom. The maximum absolute atomic E-state index is 13.4. The molecule has 0 saturated carbocycles. The highest BCUT2D eigenvalue weighted by atomic mass is 19.4. The Kier molecular flexibility index (Phi) is 8.18. The molecule has 5 N–H and O–H groups in total. The van der Waals surface area contributed by atoms with Gasteiger partial charge in [-0.15, -0.1) is 0 Å². The number of amides is 3. The van der Waals surface area contributed by atoms with Crippen LogP contribution in [-0.2, 0) is 17.4 Å². The van der Waals surface area contributed by atoms with Crippen LogP contribution in [0.4, 0.5) is 29.5 Å². The van der Waals surface area contributed by atoms with Gasteiger partial charge in [-0.05, 0) is 43.0 Å². The van der Waals surface area contributed by atoms with Crippen LogP contribution in [0.15, 0.2) is 43.0 Å². The fourth-order valence-electron chi connectivity index (χ4n) is 5.07. The molecule has 0 bridgehead atoms. The van der Waals surface area contributed by atoms with Gasteiger partial charge in [-0.3, -0.25) is 24.0 Å². The number of rotatable bonds is 9. The Morgan fingerprint density at radius 2 is 1.93 bits per heavy atom. The Morgan fingerprint density at radius 3 is 2.67 bits per heavy atom. The number of hydrogen-bond donors (Lipinski definition) is 5. The van der Waals surface area contributed by atoms with Crippen molar-refractivity contribution in [2.24, 2.45) is 0 Å². The molecule has 1 saturated heterocycles. The van der Waals surface area contributed by atoms with Crippen LogP contribution in [-0.4, -0.2) is 78.2 Å². The quantitative estimate of drug-likeness (QED) is 0.182. The number of aryl methyl sites for hydroxylation is 1. The number of alkyl halides is 3. The van der Waals surface area contributed by atoms with Gasteiger partial charge >= 0.3 is 12.3 Å². The van der Waals surface area contributed by atoms with Gasteiger partial charge in [0.1, 0.15) is 11.7 Å². The maximum Gasteiger partial charge on any atom is 0.433 e. The number of imidazole rings is 1. The highest BCUT2D eigenvalue weighted by Crippen LogP contribution is 2.36. The number of likely N-dealkylation sites (tertiary alicyclic amines) is 1. The summed E-state index contributed by atoms with van der Waals surface area (Å²) in [6.07, 6.45) is 1.18. The summed E-state index contributed by atoms with van der Waals surface area (Å²) < 4.78 is 41.7. The van der Waals surface area contributed by atoms with Gasteiger partial charge in [0, 0.05) is 43.3 Å². The van der Waals surface area contributed by atoms with Crippen LogP contribution < -0.4 is 16.0 Å². The van der Waals surface area contributed by atoms with Crippen molar-refractivity contribution in [2.45, 2.75) is 38.4 Å². The van der Waals surface area contributed by atoms with Crippen LogP contribution in [0.2, 0.25) is 0 Å². The minimum atomic E-state index is -4.62.